The van der Waals surface area contributed by atoms with Crippen molar-refractivity contribution >= 4 is 29.1 Å². The second-order valence-corrected chi connectivity index (χ2v) is 7.13. The van der Waals surface area contributed by atoms with Crippen molar-refractivity contribution in [2.75, 3.05) is 0 Å². The zero-order valence-corrected chi connectivity index (χ0v) is 16.5. The third-order valence-electron chi connectivity index (χ3n) is 4.41. The average molecular weight is 404 g/mol. The highest BCUT2D eigenvalue weighted by Crippen LogP contribution is 2.27. The van der Waals surface area contributed by atoms with Gasteiger partial charge >= 0.3 is 0 Å². The lowest BCUT2D eigenvalue weighted by atomic mass is 9.98. The maximum absolute atomic E-state index is 12.7. The minimum absolute atomic E-state index is 0.0871. The molecule has 2 atom stereocenters. The second kappa shape index (κ2) is 8.55. The van der Waals surface area contributed by atoms with Crippen molar-refractivity contribution < 1.29 is 9.32 Å². The van der Waals surface area contributed by atoms with Crippen LogP contribution in [-0.2, 0) is 0 Å². The highest BCUT2D eigenvalue weighted by molar-refractivity contribution is 6.33. The van der Waals surface area contributed by atoms with Crippen LogP contribution in [-0.4, -0.2) is 16.0 Å². The number of aromatic nitrogens is 2. The first-order valence-electron chi connectivity index (χ1n) is 8.64. The summed E-state index contributed by atoms with van der Waals surface area (Å²) in [6.07, 6.45) is 0.822. The Balaban J connectivity index is 1.88. The molecule has 0 radical (unpaired) electrons. The molecule has 27 heavy (non-hydrogen) atoms. The van der Waals surface area contributed by atoms with Gasteiger partial charge in [0.25, 0.3) is 5.91 Å². The molecule has 0 saturated heterocycles. The zero-order valence-electron chi connectivity index (χ0n) is 14.9. The van der Waals surface area contributed by atoms with Crippen LogP contribution in [0.1, 0.15) is 42.6 Å². The molecular weight excluding hydrogens is 385 g/mol. The zero-order chi connectivity index (χ0) is 19.4. The molecule has 1 aromatic heterocycles. The average Bonchev–Trinajstić information content (AvgIpc) is 3.15. The molecule has 0 fully saturated rings. The topological polar surface area (TPSA) is 68.0 Å². The predicted octanol–water partition coefficient (Wildman–Crippen LogP) is 5.56. The number of nitrogens with zero attached hydrogens (tertiary/aromatic N) is 2. The van der Waals surface area contributed by atoms with Crippen molar-refractivity contribution in [2.45, 2.75) is 26.3 Å². The third-order valence-corrected chi connectivity index (χ3v) is 4.97. The van der Waals surface area contributed by atoms with E-state index >= 15 is 0 Å². The minimum atomic E-state index is -0.431. The van der Waals surface area contributed by atoms with E-state index in [4.69, 9.17) is 27.7 Å². The molecule has 7 heteroatoms. The van der Waals surface area contributed by atoms with E-state index in [0.717, 1.165) is 12.0 Å². The molecule has 0 saturated carbocycles. The molecule has 0 bridgehead atoms. The van der Waals surface area contributed by atoms with Crippen LogP contribution in [0.4, 0.5) is 0 Å². The van der Waals surface area contributed by atoms with E-state index in [0.29, 0.717) is 27.3 Å². The standard InChI is InChI=1S/C20H19Cl2N3O2/c1-3-12(2)17(23-19(26)15-9-4-5-10-16(15)22)20-24-18(25-27-20)13-7-6-8-14(21)11-13/h4-12,17H,3H2,1-2H3,(H,23,26)/t12-,17-/m0/s1. The fraction of sp³-hybridized carbons (Fsp3) is 0.250. The number of rotatable bonds is 6. The van der Waals surface area contributed by atoms with E-state index in [1.165, 1.54) is 0 Å². The molecule has 0 aliphatic rings. The van der Waals surface area contributed by atoms with Crippen LogP contribution < -0.4 is 5.32 Å². The van der Waals surface area contributed by atoms with Crippen LogP contribution >= 0.6 is 23.2 Å². The van der Waals surface area contributed by atoms with Crippen molar-refractivity contribution in [1.29, 1.82) is 0 Å². The molecule has 0 unspecified atom stereocenters. The monoisotopic (exact) mass is 403 g/mol. The first-order valence-corrected chi connectivity index (χ1v) is 9.40. The van der Waals surface area contributed by atoms with Gasteiger partial charge in [-0.05, 0) is 30.2 Å². The molecule has 1 N–H and O–H groups in total. The van der Waals surface area contributed by atoms with Gasteiger partial charge in [-0.2, -0.15) is 4.98 Å². The summed E-state index contributed by atoms with van der Waals surface area (Å²) >= 11 is 12.2. The Kier molecular flexibility index (Phi) is 6.14. The normalized spacial score (nSPS) is 13.2. The van der Waals surface area contributed by atoms with Gasteiger partial charge in [-0.15, -0.1) is 0 Å². The van der Waals surface area contributed by atoms with Gasteiger partial charge in [0, 0.05) is 10.6 Å². The minimum Gasteiger partial charge on any atom is -0.340 e. The molecule has 0 aliphatic heterocycles. The van der Waals surface area contributed by atoms with E-state index in [1.54, 1.807) is 36.4 Å². The summed E-state index contributed by atoms with van der Waals surface area (Å²) < 4.78 is 5.46. The van der Waals surface area contributed by atoms with Gasteiger partial charge in [0.2, 0.25) is 11.7 Å². The maximum Gasteiger partial charge on any atom is 0.253 e. The summed E-state index contributed by atoms with van der Waals surface area (Å²) in [5.41, 5.74) is 1.15. The summed E-state index contributed by atoms with van der Waals surface area (Å²) in [6, 6.07) is 13.7. The van der Waals surface area contributed by atoms with Gasteiger partial charge in [-0.3, -0.25) is 4.79 Å². The molecule has 3 rings (SSSR count). The Bertz CT molecular complexity index is 942. The summed E-state index contributed by atoms with van der Waals surface area (Å²) in [5.74, 6) is 0.574. The third kappa shape index (κ3) is 4.49. The number of carbonyl (C=O) groups is 1. The number of hydrogen-bond donors (Lipinski definition) is 1. The lowest BCUT2D eigenvalue weighted by Crippen LogP contribution is -2.33. The summed E-state index contributed by atoms with van der Waals surface area (Å²) in [6.45, 7) is 4.05. The fourth-order valence-electron chi connectivity index (χ4n) is 2.65. The lowest BCUT2D eigenvalue weighted by Gasteiger charge is -2.21. The Hall–Kier alpha value is -2.37. The number of hydrogen-bond acceptors (Lipinski definition) is 4. The molecule has 5 nitrogen and oxygen atoms in total. The quantitative estimate of drug-likeness (QED) is 0.584. The van der Waals surface area contributed by atoms with Crippen LogP contribution in [0.5, 0.6) is 0 Å². The lowest BCUT2D eigenvalue weighted by molar-refractivity contribution is 0.0910. The van der Waals surface area contributed by atoms with E-state index in [1.807, 2.05) is 26.0 Å². The molecular formula is C20H19Cl2N3O2. The maximum atomic E-state index is 12.7. The van der Waals surface area contributed by atoms with Crippen LogP contribution in [0.15, 0.2) is 53.1 Å². The van der Waals surface area contributed by atoms with Gasteiger partial charge in [0.1, 0.15) is 6.04 Å². The second-order valence-electron chi connectivity index (χ2n) is 6.28. The predicted molar refractivity (Wildman–Crippen MR) is 106 cm³/mol. The van der Waals surface area contributed by atoms with Crippen LogP contribution in [0, 0.1) is 5.92 Å². The van der Waals surface area contributed by atoms with E-state index < -0.39 is 6.04 Å². The first kappa shape index (κ1) is 19.4. The number of amides is 1. The highest BCUT2D eigenvalue weighted by atomic mass is 35.5. The van der Waals surface area contributed by atoms with E-state index in [9.17, 15) is 4.79 Å². The highest BCUT2D eigenvalue weighted by Gasteiger charge is 2.27. The van der Waals surface area contributed by atoms with Crippen molar-refractivity contribution in [1.82, 2.24) is 15.5 Å². The number of nitrogens with one attached hydrogen (secondary N) is 1. The number of benzene rings is 2. The molecule has 2 aromatic carbocycles. The largest absolute Gasteiger partial charge is 0.340 e. The molecule has 0 spiro atoms. The van der Waals surface area contributed by atoms with Crippen molar-refractivity contribution in [3.63, 3.8) is 0 Å². The smallest absolute Gasteiger partial charge is 0.253 e. The van der Waals surface area contributed by atoms with E-state index in [2.05, 4.69) is 15.5 Å². The Morgan fingerprint density at radius 1 is 1.19 bits per heavy atom. The van der Waals surface area contributed by atoms with Gasteiger partial charge < -0.3 is 9.84 Å². The number of halogens is 2. The first-order chi connectivity index (χ1) is 13.0. The van der Waals surface area contributed by atoms with Crippen molar-refractivity contribution in [3.05, 3.63) is 70.0 Å². The van der Waals surface area contributed by atoms with Crippen LogP contribution in [0.2, 0.25) is 10.0 Å². The molecule has 0 aliphatic carbocycles. The number of carbonyl (C=O) groups excluding carboxylic acids is 1. The van der Waals surface area contributed by atoms with E-state index in [-0.39, 0.29) is 11.8 Å². The molecule has 1 heterocycles. The van der Waals surface area contributed by atoms with Crippen molar-refractivity contribution in [2.24, 2.45) is 5.92 Å². The van der Waals surface area contributed by atoms with Gasteiger partial charge in [-0.1, -0.05) is 72.9 Å². The van der Waals surface area contributed by atoms with Gasteiger partial charge in [-0.25, -0.2) is 0 Å². The summed E-state index contributed by atoms with van der Waals surface area (Å²) in [7, 11) is 0. The van der Waals surface area contributed by atoms with Crippen LogP contribution in [0.25, 0.3) is 11.4 Å². The van der Waals surface area contributed by atoms with Crippen molar-refractivity contribution in [3.8, 4) is 11.4 Å². The Morgan fingerprint density at radius 3 is 2.67 bits per heavy atom. The molecule has 1 amide bonds. The Labute approximate surface area is 167 Å². The molecule has 3 aromatic rings. The van der Waals surface area contributed by atoms with Gasteiger partial charge in [0.05, 0.1) is 10.6 Å². The summed E-state index contributed by atoms with van der Waals surface area (Å²) in [4.78, 5) is 17.2. The summed E-state index contributed by atoms with van der Waals surface area (Å²) in [5, 5.41) is 7.99. The SMILES string of the molecule is CC[C@H](C)[C@H](NC(=O)c1ccccc1Cl)c1nc(-c2cccc(Cl)c2)no1. The molecule has 140 valence electrons. The fourth-order valence-corrected chi connectivity index (χ4v) is 3.07. The Morgan fingerprint density at radius 2 is 1.96 bits per heavy atom. The van der Waals surface area contributed by atoms with Gasteiger partial charge in [0.15, 0.2) is 0 Å². The van der Waals surface area contributed by atoms with Crippen LogP contribution in [0.3, 0.4) is 0 Å².